The molecule has 0 aliphatic heterocycles. The number of anilines is 1. The molecule has 2 aromatic carbocycles. The number of nitrogens with zero attached hydrogens (tertiary/aromatic N) is 1. The molecule has 2 amide bonds. The van der Waals surface area contributed by atoms with Crippen molar-refractivity contribution in [3.8, 4) is 11.5 Å². The number of hydrogen-bond acceptors (Lipinski definition) is 5. The first-order valence-electron chi connectivity index (χ1n) is 9.86. The Morgan fingerprint density at radius 1 is 0.969 bits per heavy atom. The van der Waals surface area contributed by atoms with Crippen molar-refractivity contribution in [2.45, 2.75) is 10.9 Å². The average molecular weight is 454 g/mol. The lowest BCUT2D eigenvalue weighted by Gasteiger charge is -2.26. The lowest BCUT2D eigenvalue weighted by molar-refractivity contribution is -0.118. The van der Waals surface area contributed by atoms with Crippen molar-refractivity contribution in [1.29, 1.82) is 0 Å². The molecular formula is C24H27N3O4S. The second-order valence-electron chi connectivity index (χ2n) is 7.93. The number of aromatic nitrogens is 1. The molecule has 3 aromatic rings. The van der Waals surface area contributed by atoms with Crippen LogP contribution in [0.15, 0.2) is 71.8 Å². The Morgan fingerprint density at radius 2 is 1.62 bits per heavy atom. The molecule has 1 atom stereocenters. The molecule has 1 aromatic heterocycles. The van der Waals surface area contributed by atoms with Gasteiger partial charge in [0.2, 0.25) is 0 Å². The van der Waals surface area contributed by atoms with Gasteiger partial charge < -0.3 is 20.5 Å². The first-order chi connectivity index (χ1) is 15.2. The first kappa shape index (κ1) is 23.1. The number of carbonyl (C=O) groups is 2. The van der Waals surface area contributed by atoms with Crippen molar-refractivity contribution in [2.75, 3.05) is 31.2 Å². The molecular weight excluding hydrogens is 426 g/mol. The minimum Gasteiger partial charge on any atom is -0.506 e. The molecule has 0 radical (unpaired) electrons. The predicted octanol–water partition coefficient (Wildman–Crippen LogP) is 3.96. The van der Waals surface area contributed by atoms with Crippen LogP contribution >= 0.6 is 10.0 Å². The summed E-state index contributed by atoms with van der Waals surface area (Å²) >= 11 is 0. The highest BCUT2D eigenvalue weighted by atomic mass is 32.3. The van der Waals surface area contributed by atoms with Gasteiger partial charge in [-0.15, -0.1) is 0 Å². The molecule has 3 N–H and O–H groups in total. The molecule has 0 aliphatic rings. The summed E-state index contributed by atoms with van der Waals surface area (Å²) in [5.74, 6) is -0.336. The molecule has 1 heterocycles. The van der Waals surface area contributed by atoms with Crippen molar-refractivity contribution in [3.05, 3.63) is 78.1 Å². The van der Waals surface area contributed by atoms with Crippen LogP contribution in [0.25, 0.3) is 0 Å². The number of benzene rings is 2. The van der Waals surface area contributed by atoms with E-state index in [9.17, 15) is 14.7 Å². The van der Waals surface area contributed by atoms with Gasteiger partial charge in [0.15, 0.2) is 0 Å². The van der Waals surface area contributed by atoms with E-state index in [0.29, 0.717) is 17.0 Å². The van der Waals surface area contributed by atoms with E-state index in [1.807, 2.05) is 24.3 Å². The van der Waals surface area contributed by atoms with Crippen LogP contribution in [0, 0.1) is 0 Å². The number of methoxy groups -OCH3 is 1. The molecule has 0 aliphatic carbocycles. The fourth-order valence-corrected chi connectivity index (χ4v) is 3.94. The molecule has 168 valence electrons. The monoisotopic (exact) mass is 453 g/mol. The average Bonchev–Trinajstić information content (AvgIpc) is 2.77. The Morgan fingerprint density at radius 3 is 2.16 bits per heavy atom. The Bertz CT molecular complexity index is 1080. The van der Waals surface area contributed by atoms with Crippen LogP contribution < -0.4 is 15.4 Å². The largest absolute Gasteiger partial charge is 0.506 e. The number of amides is 2. The van der Waals surface area contributed by atoms with Crippen molar-refractivity contribution in [3.63, 3.8) is 0 Å². The van der Waals surface area contributed by atoms with E-state index >= 15 is 0 Å². The molecule has 0 saturated carbocycles. The quantitative estimate of drug-likeness (QED) is 0.503. The summed E-state index contributed by atoms with van der Waals surface area (Å²) < 4.78 is 5.19. The second-order valence-corrected chi connectivity index (χ2v) is 12.1. The van der Waals surface area contributed by atoms with E-state index in [1.165, 1.54) is 23.2 Å². The summed E-state index contributed by atoms with van der Waals surface area (Å²) in [4.78, 5) is 31.0. The molecule has 7 nitrogen and oxygen atoms in total. The summed E-state index contributed by atoms with van der Waals surface area (Å²) in [6, 6.07) is 16.4. The van der Waals surface area contributed by atoms with E-state index in [-0.39, 0.29) is 11.4 Å². The number of carbonyl (C=O) groups excluding carboxylic acids is 2. The van der Waals surface area contributed by atoms with E-state index in [0.717, 1.165) is 0 Å². The molecule has 3 rings (SSSR count). The zero-order valence-electron chi connectivity index (χ0n) is 18.5. The third-order valence-electron chi connectivity index (χ3n) is 4.80. The van der Waals surface area contributed by atoms with E-state index in [2.05, 4.69) is 34.4 Å². The molecule has 8 heteroatoms. The van der Waals surface area contributed by atoms with Crippen LogP contribution in [0.3, 0.4) is 0 Å². The number of ether oxygens (including phenoxy) is 1. The Balaban J connectivity index is 1.84. The van der Waals surface area contributed by atoms with Gasteiger partial charge in [0.05, 0.1) is 13.3 Å². The zero-order valence-corrected chi connectivity index (χ0v) is 19.3. The van der Waals surface area contributed by atoms with Crippen molar-refractivity contribution >= 4 is 27.5 Å². The van der Waals surface area contributed by atoms with Crippen LogP contribution in [0.1, 0.15) is 22.1 Å². The van der Waals surface area contributed by atoms with Gasteiger partial charge in [-0.2, -0.15) is 0 Å². The molecule has 0 saturated heterocycles. The van der Waals surface area contributed by atoms with Crippen molar-refractivity contribution < 1.29 is 19.4 Å². The highest BCUT2D eigenvalue weighted by Crippen LogP contribution is 2.45. The second kappa shape index (κ2) is 9.74. The van der Waals surface area contributed by atoms with Gasteiger partial charge >= 0.3 is 0 Å². The number of nitrogens with one attached hydrogen (secondary N) is 2. The Kier molecular flexibility index (Phi) is 7.05. The SMILES string of the molecule is COc1ccc(C(NC(=O)c2ccc(O)cn2)C(=O)Nc2ccc(S(C)(C)C)cc2)cc1. The number of rotatable bonds is 7. The summed E-state index contributed by atoms with van der Waals surface area (Å²) in [5, 5.41) is 15.0. The highest BCUT2D eigenvalue weighted by Gasteiger charge is 2.24. The first-order valence-corrected chi connectivity index (χ1v) is 12.7. The maximum absolute atomic E-state index is 13.2. The molecule has 0 spiro atoms. The van der Waals surface area contributed by atoms with Crippen molar-refractivity contribution in [2.24, 2.45) is 0 Å². The standard InChI is InChI=1S/C24H27N3O4S/c1-31-19-10-5-16(6-11-19)22(27-23(29)21-14-9-18(28)15-25-21)24(30)26-17-7-12-20(13-8-17)32(2,3)4/h5-15,22,28H,1-4H3,(H,26,30)(H,27,29). The zero-order chi connectivity index (χ0) is 23.3. The number of hydrogen-bond donors (Lipinski definition) is 3. The fourth-order valence-electron chi connectivity index (χ4n) is 2.98. The lowest BCUT2D eigenvalue weighted by atomic mass is 10.1. The van der Waals surface area contributed by atoms with Gasteiger partial charge in [0.1, 0.15) is 23.2 Å². The summed E-state index contributed by atoms with van der Waals surface area (Å²) in [6.45, 7) is 0. The number of pyridine rings is 1. The van der Waals surface area contributed by atoms with Gasteiger partial charge in [0, 0.05) is 5.69 Å². The van der Waals surface area contributed by atoms with Gasteiger partial charge in [-0.05, 0) is 77.8 Å². The number of aromatic hydroxyl groups is 1. The molecule has 32 heavy (non-hydrogen) atoms. The Labute approximate surface area is 189 Å². The third-order valence-corrected chi connectivity index (χ3v) is 6.48. The summed E-state index contributed by atoms with van der Waals surface area (Å²) in [7, 11) is 0.686. The third kappa shape index (κ3) is 5.79. The normalized spacial score (nSPS) is 12.5. The van der Waals surface area contributed by atoms with Gasteiger partial charge in [-0.3, -0.25) is 9.59 Å². The maximum atomic E-state index is 13.2. The van der Waals surface area contributed by atoms with Crippen LogP contribution in [0.4, 0.5) is 5.69 Å². The molecule has 1 unspecified atom stereocenters. The van der Waals surface area contributed by atoms with Gasteiger partial charge in [-0.25, -0.2) is 15.0 Å². The summed E-state index contributed by atoms with van der Waals surface area (Å²) in [5.41, 5.74) is 1.32. The van der Waals surface area contributed by atoms with Crippen LogP contribution in [-0.2, 0) is 4.79 Å². The molecule has 0 bridgehead atoms. The topological polar surface area (TPSA) is 101 Å². The predicted molar refractivity (Wildman–Crippen MR) is 128 cm³/mol. The van der Waals surface area contributed by atoms with Crippen LogP contribution in [-0.4, -0.2) is 47.8 Å². The van der Waals surface area contributed by atoms with Crippen LogP contribution in [0.5, 0.6) is 11.5 Å². The van der Waals surface area contributed by atoms with E-state index in [1.54, 1.807) is 31.4 Å². The molecule has 0 fully saturated rings. The smallest absolute Gasteiger partial charge is 0.270 e. The van der Waals surface area contributed by atoms with Gasteiger partial charge in [-0.1, -0.05) is 12.1 Å². The minimum atomic E-state index is -0.961. The summed E-state index contributed by atoms with van der Waals surface area (Å²) in [6.07, 6.45) is 7.78. The van der Waals surface area contributed by atoms with E-state index < -0.39 is 27.9 Å². The minimum absolute atomic E-state index is 0.0495. The van der Waals surface area contributed by atoms with Gasteiger partial charge in [0.25, 0.3) is 11.8 Å². The maximum Gasteiger partial charge on any atom is 0.270 e. The van der Waals surface area contributed by atoms with Crippen LogP contribution in [0.2, 0.25) is 0 Å². The Hall–Kier alpha value is -3.52. The highest BCUT2D eigenvalue weighted by molar-refractivity contribution is 8.32. The van der Waals surface area contributed by atoms with Crippen molar-refractivity contribution in [1.82, 2.24) is 10.3 Å². The fraction of sp³-hybridized carbons (Fsp3) is 0.208. The van der Waals surface area contributed by atoms with E-state index in [4.69, 9.17) is 4.74 Å². The lowest BCUT2D eigenvalue weighted by Crippen LogP contribution is -2.37.